The van der Waals surface area contributed by atoms with E-state index in [4.69, 9.17) is 14.2 Å². The molecule has 2 aromatic rings. The van der Waals surface area contributed by atoms with E-state index in [2.05, 4.69) is 25.7 Å². The van der Waals surface area contributed by atoms with Crippen LogP contribution in [0.4, 0.5) is 0 Å². The Bertz CT molecular complexity index is 1160. The minimum absolute atomic E-state index is 0.0779. The first-order chi connectivity index (χ1) is 18.5. The highest BCUT2D eigenvalue weighted by atomic mass is 16.6. The largest absolute Gasteiger partial charge is 0.507 e. The van der Waals surface area contributed by atoms with Crippen molar-refractivity contribution in [2.24, 2.45) is 0 Å². The molecule has 2 heterocycles. The number of ketones is 1. The van der Waals surface area contributed by atoms with Crippen molar-refractivity contribution < 1.29 is 28.9 Å². The van der Waals surface area contributed by atoms with Gasteiger partial charge in [-0.1, -0.05) is 39.3 Å². The van der Waals surface area contributed by atoms with Crippen LogP contribution in [-0.2, 0) is 9.59 Å². The van der Waals surface area contributed by atoms with Gasteiger partial charge in [0.25, 0.3) is 11.7 Å². The molecule has 8 nitrogen and oxygen atoms in total. The maximum Gasteiger partial charge on any atom is 0.295 e. The molecule has 8 heteroatoms. The predicted octanol–water partition coefficient (Wildman–Crippen LogP) is 4.79. The second-order valence-corrected chi connectivity index (χ2v) is 9.50. The Kier molecular flexibility index (Phi) is 9.29. The summed E-state index contributed by atoms with van der Waals surface area (Å²) in [5, 5.41) is 11.4. The van der Waals surface area contributed by atoms with Crippen LogP contribution >= 0.6 is 0 Å². The fourth-order valence-electron chi connectivity index (χ4n) is 4.89. The molecule has 1 amide bonds. The zero-order valence-electron chi connectivity index (χ0n) is 22.6. The minimum atomic E-state index is -0.704. The molecule has 1 unspecified atom stereocenters. The predicted molar refractivity (Wildman–Crippen MR) is 146 cm³/mol. The topological polar surface area (TPSA) is 88.5 Å². The molecule has 0 aliphatic carbocycles. The van der Waals surface area contributed by atoms with Crippen molar-refractivity contribution in [1.29, 1.82) is 0 Å². The van der Waals surface area contributed by atoms with E-state index in [1.807, 2.05) is 24.3 Å². The first kappa shape index (κ1) is 27.5. The normalized spacial score (nSPS) is 18.3. The van der Waals surface area contributed by atoms with Crippen molar-refractivity contribution in [3.8, 4) is 17.2 Å². The second kappa shape index (κ2) is 12.8. The van der Waals surface area contributed by atoms with Crippen molar-refractivity contribution >= 4 is 17.4 Å². The number of likely N-dealkylation sites (tertiary alicyclic amines) is 1. The maximum atomic E-state index is 13.4. The number of amides is 1. The fraction of sp³-hybridized carbons (Fsp3) is 0.467. The van der Waals surface area contributed by atoms with E-state index in [1.54, 1.807) is 23.1 Å². The highest BCUT2D eigenvalue weighted by Crippen LogP contribution is 2.41. The maximum absolute atomic E-state index is 13.4. The van der Waals surface area contributed by atoms with Crippen LogP contribution in [-0.4, -0.2) is 72.6 Å². The third-order valence-electron chi connectivity index (χ3n) is 7.09. The number of nitrogens with zero attached hydrogens (tertiary/aromatic N) is 2. The summed E-state index contributed by atoms with van der Waals surface area (Å²) in [6, 6.07) is 11.8. The lowest BCUT2D eigenvalue weighted by atomic mass is 9.95. The minimum Gasteiger partial charge on any atom is -0.507 e. The van der Waals surface area contributed by atoms with Crippen LogP contribution in [0.3, 0.4) is 0 Å². The van der Waals surface area contributed by atoms with Gasteiger partial charge in [-0.2, -0.15) is 0 Å². The third kappa shape index (κ3) is 5.96. The average molecular weight is 523 g/mol. The van der Waals surface area contributed by atoms with Crippen LogP contribution in [0, 0.1) is 0 Å². The van der Waals surface area contributed by atoms with Gasteiger partial charge in [-0.3, -0.25) is 9.59 Å². The number of carbonyl (C=O) groups excluding carboxylic acids is 2. The highest BCUT2D eigenvalue weighted by Gasteiger charge is 2.45. The van der Waals surface area contributed by atoms with Crippen LogP contribution < -0.4 is 14.2 Å². The summed E-state index contributed by atoms with van der Waals surface area (Å²) in [5.41, 5.74) is 1.23. The Labute approximate surface area is 224 Å². The smallest absolute Gasteiger partial charge is 0.295 e. The molecule has 2 aliphatic heterocycles. The zero-order chi connectivity index (χ0) is 27.1. The number of rotatable bonds is 12. The summed E-state index contributed by atoms with van der Waals surface area (Å²) < 4.78 is 17.1. The Morgan fingerprint density at radius 2 is 1.71 bits per heavy atom. The van der Waals surface area contributed by atoms with Crippen molar-refractivity contribution in [2.45, 2.75) is 46.1 Å². The molecule has 1 atom stereocenters. The van der Waals surface area contributed by atoms with E-state index in [-0.39, 0.29) is 11.3 Å². The van der Waals surface area contributed by atoms with Crippen LogP contribution in [0.1, 0.15) is 57.2 Å². The average Bonchev–Trinajstić information content (AvgIpc) is 3.20. The summed E-state index contributed by atoms with van der Waals surface area (Å²) in [6.45, 7) is 10.9. The molecule has 1 N–H and O–H groups in total. The second-order valence-electron chi connectivity index (χ2n) is 9.50. The molecule has 2 aliphatic rings. The lowest BCUT2D eigenvalue weighted by Crippen LogP contribution is -2.33. The molecule has 1 fully saturated rings. The van der Waals surface area contributed by atoms with E-state index in [9.17, 15) is 14.7 Å². The van der Waals surface area contributed by atoms with E-state index >= 15 is 0 Å². The summed E-state index contributed by atoms with van der Waals surface area (Å²) in [4.78, 5) is 30.5. The van der Waals surface area contributed by atoms with Gasteiger partial charge in [0.2, 0.25) is 0 Å². The molecule has 1 saturated heterocycles. The molecular formula is C30H38N2O6. The van der Waals surface area contributed by atoms with Crippen molar-refractivity contribution in [3.63, 3.8) is 0 Å². The first-order valence-electron chi connectivity index (χ1n) is 13.6. The third-order valence-corrected chi connectivity index (χ3v) is 7.09. The highest BCUT2D eigenvalue weighted by molar-refractivity contribution is 6.46. The molecule has 2 aromatic carbocycles. The Morgan fingerprint density at radius 1 is 1.00 bits per heavy atom. The van der Waals surface area contributed by atoms with Crippen LogP contribution in [0.25, 0.3) is 5.76 Å². The number of benzene rings is 2. The van der Waals surface area contributed by atoms with Crippen LogP contribution in [0.15, 0.2) is 48.0 Å². The molecule has 0 saturated carbocycles. The van der Waals surface area contributed by atoms with E-state index in [1.165, 1.54) is 0 Å². The number of unbranched alkanes of at least 4 members (excludes halogenated alkanes) is 1. The van der Waals surface area contributed by atoms with Gasteiger partial charge < -0.3 is 29.1 Å². The Morgan fingerprint density at radius 3 is 2.39 bits per heavy atom. The summed E-state index contributed by atoms with van der Waals surface area (Å²) >= 11 is 0. The molecule has 0 bridgehead atoms. The van der Waals surface area contributed by atoms with E-state index in [0.717, 1.165) is 43.8 Å². The molecule has 204 valence electrons. The van der Waals surface area contributed by atoms with Crippen molar-refractivity contribution in [2.75, 3.05) is 46.0 Å². The van der Waals surface area contributed by atoms with Crippen LogP contribution in [0.5, 0.6) is 17.2 Å². The number of carbonyl (C=O) groups is 2. The van der Waals surface area contributed by atoms with Crippen molar-refractivity contribution in [1.82, 2.24) is 9.80 Å². The zero-order valence-corrected chi connectivity index (χ0v) is 22.6. The number of aliphatic hydroxyl groups excluding tert-OH is 1. The summed E-state index contributed by atoms with van der Waals surface area (Å²) in [6.07, 6.45) is 2.72. The van der Waals surface area contributed by atoms with E-state index < -0.39 is 17.7 Å². The van der Waals surface area contributed by atoms with Crippen molar-refractivity contribution in [3.05, 3.63) is 59.2 Å². The monoisotopic (exact) mass is 522 g/mol. The number of aliphatic hydroxyl groups is 1. The standard InChI is InChI=1S/C30H38N2O6/c1-4-7-17-36-23-12-9-21(10-13-23)27-26(28(33)22-11-14-24-25(20-22)38-19-18-37-24)29(34)30(35)32(27)16-8-15-31(5-2)6-3/h9-14,20,27,33H,4-8,15-19H2,1-3H3/b28-26-. The fourth-order valence-corrected chi connectivity index (χ4v) is 4.89. The number of hydrogen-bond donors (Lipinski definition) is 1. The van der Waals surface area contributed by atoms with Gasteiger partial charge in [-0.25, -0.2) is 0 Å². The number of ether oxygens (including phenoxy) is 3. The lowest BCUT2D eigenvalue weighted by Gasteiger charge is -2.27. The quantitative estimate of drug-likeness (QED) is 0.186. The molecule has 38 heavy (non-hydrogen) atoms. The molecule has 0 spiro atoms. The molecule has 0 aromatic heterocycles. The number of fused-ring (bicyclic) bond motifs is 1. The van der Waals surface area contributed by atoms with Gasteiger partial charge in [0.15, 0.2) is 11.5 Å². The van der Waals surface area contributed by atoms with E-state index in [0.29, 0.717) is 49.8 Å². The van der Waals surface area contributed by atoms with Crippen LogP contribution in [0.2, 0.25) is 0 Å². The van der Waals surface area contributed by atoms with Gasteiger partial charge in [0.05, 0.1) is 18.2 Å². The summed E-state index contributed by atoms with van der Waals surface area (Å²) in [5.74, 6) is 0.302. The molecular weight excluding hydrogens is 484 g/mol. The van der Waals surface area contributed by atoms with Gasteiger partial charge in [-0.05, 0) is 68.4 Å². The molecule has 0 radical (unpaired) electrons. The van der Waals surface area contributed by atoms with Gasteiger partial charge in [0.1, 0.15) is 24.7 Å². The Balaban J connectivity index is 1.69. The first-order valence-corrected chi connectivity index (χ1v) is 13.6. The van der Waals surface area contributed by atoms with Gasteiger partial charge in [-0.15, -0.1) is 0 Å². The number of hydrogen-bond acceptors (Lipinski definition) is 7. The number of Topliss-reactive ketones (excluding diaryl/α,β-unsaturated/α-hetero) is 1. The Hall–Kier alpha value is -3.52. The molecule has 4 rings (SSSR count). The lowest BCUT2D eigenvalue weighted by molar-refractivity contribution is -0.140. The van der Waals surface area contributed by atoms with Gasteiger partial charge in [0, 0.05) is 12.1 Å². The van der Waals surface area contributed by atoms with Gasteiger partial charge >= 0.3 is 0 Å². The summed E-state index contributed by atoms with van der Waals surface area (Å²) in [7, 11) is 0. The SMILES string of the molecule is CCCCOc1ccc(C2/C(=C(/O)c3ccc4c(c3)OCCO4)C(=O)C(=O)N2CCCN(CC)CC)cc1.